The molecule has 37 heavy (non-hydrogen) atoms. The molecule has 4 heterocycles. The van der Waals surface area contributed by atoms with Crippen LogP contribution in [0.5, 0.6) is 0 Å². The number of anilines is 4. The van der Waals surface area contributed by atoms with Gasteiger partial charge in [0.1, 0.15) is 0 Å². The van der Waals surface area contributed by atoms with E-state index in [1.807, 2.05) is 0 Å². The Kier molecular flexibility index (Phi) is 14.7. The summed E-state index contributed by atoms with van der Waals surface area (Å²) in [6.07, 6.45) is 7.55. The van der Waals surface area contributed by atoms with Crippen LogP contribution in [-0.4, -0.2) is 67.3 Å². The Hall–Kier alpha value is -2.44. The second-order valence-electron chi connectivity index (χ2n) is 9.57. The standard InChI is InChI=1S/C25H37N7.ClH.4H3N.4H2/c1-20-9-10-22(19-21(20)2)29-15-17-32(18-16-29)25-27-23(30-11-5-3-6-12-30)26-24(28-25)31-13-7-4-8-14-31;;;;;;;;;/h9-10,19H,3-8,11-18H2,1-2H3;1H;4*1H3;4*1H. The fourth-order valence-corrected chi connectivity index (χ4v) is 5.04. The fourth-order valence-electron chi connectivity index (χ4n) is 5.04. The molecule has 5 rings (SSSR count). The molecular formula is C25H58ClN11. The highest BCUT2D eigenvalue weighted by atomic mass is 35.5. The first-order valence-electron chi connectivity index (χ1n) is 12.5. The molecular weight excluding hydrogens is 490 g/mol. The highest BCUT2D eigenvalue weighted by Gasteiger charge is 2.25. The van der Waals surface area contributed by atoms with E-state index in [9.17, 15) is 0 Å². The molecule has 3 saturated heterocycles. The van der Waals surface area contributed by atoms with Gasteiger partial charge in [-0.15, -0.1) is 12.4 Å². The van der Waals surface area contributed by atoms with E-state index in [0.717, 1.165) is 70.2 Å². The molecule has 3 aliphatic rings. The van der Waals surface area contributed by atoms with Gasteiger partial charge in [-0.1, -0.05) is 6.07 Å². The number of nitrogens with zero attached hydrogens (tertiary/aromatic N) is 7. The summed E-state index contributed by atoms with van der Waals surface area (Å²) in [6.45, 7) is 12.5. The summed E-state index contributed by atoms with van der Waals surface area (Å²) in [7, 11) is 0. The number of halogens is 1. The van der Waals surface area contributed by atoms with Crippen molar-refractivity contribution in [3.8, 4) is 0 Å². The van der Waals surface area contributed by atoms with E-state index in [1.54, 1.807) is 0 Å². The molecule has 0 bridgehead atoms. The van der Waals surface area contributed by atoms with E-state index in [1.165, 1.54) is 55.3 Å². The van der Waals surface area contributed by atoms with Crippen molar-refractivity contribution in [1.82, 2.24) is 39.6 Å². The van der Waals surface area contributed by atoms with E-state index in [2.05, 4.69) is 51.6 Å². The summed E-state index contributed by atoms with van der Waals surface area (Å²) in [5, 5.41) is 0. The summed E-state index contributed by atoms with van der Waals surface area (Å²) >= 11 is 0. The van der Waals surface area contributed by atoms with E-state index in [4.69, 9.17) is 15.0 Å². The third-order valence-corrected chi connectivity index (χ3v) is 7.30. The topological polar surface area (TPSA) is 192 Å². The lowest BCUT2D eigenvalue weighted by atomic mass is 10.1. The maximum absolute atomic E-state index is 4.98. The highest BCUT2D eigenvalue weighted by Crippen LogP contribution is 2.26. The number of rotatable bonds is 4. The molecule has 1 aromatic heterocycles. The van der Waals surface area contributed by atoms with E-state index >= 15 is 0 Å². The van der Waals surface area contributed by atoms with Gasteiger partial charge in [-0.2, -0.15) is 15.0 Å². The predicted molar refractivity (Wildman–Crippen MR) is 168 cm³/mol. The second-order valence-corrected chi connectivity index (χ2v) is 9.57. The van der Waals surface area contributed by atoms with Crippen molar-refractivity contribution in [2.45, 2.75) is 52.4 Å². The lowest BCUT2D eigenvalue weighted by molar-refractivity contribution is 0.553. The summed E-state index contributed by atoms with van der Waals surface area (Å²) < 4.78 is 0. The van der Waals surface area contributed by atoms with Gasteiger partial charge in [0.15, 0.2) is 0 Å². The zero-order chi connectivity index (χ0) is 21.9. The fraction of sp³-hybridized carbons (Fsp3) is 0.640. The molecule has 11 nitrogen and oxygen atoms in total. The lowest BCUT2D eigenvalue weighted by Crippen LogP contribution is -2.47. The van der Waals surface area contributed by atoms with Crippen LogP contribution in [0.1, 0.15) is 55.4 Å². The molecule has 0 saturated carbocycles. The van der Waals surface area contributed by atoms with Crippen LogP contribution in [-0.2, 0) is 0 Å². The first-order valence-corrected chi connectivity index (χ1v) is 12.5. The third-order valence-electron chi connectivity index (χ3n) is 7.30. The Morgan fingerprint density at radius 3 is 1.30 bits per heavy atom. The lowest BCUT2D eigenvalue weighted by Gasteiger charge is -2.37. The highest BCUT2D eigenvalue weighted by molar-refractivity contribution is 5.85. The van der Waals surface area contributed by atoms with Gasteiger partial charge in [-0.25, -0.2) is 0 Å². The minimum Gasteiger partial charge on any atom is -0.368 e. The quantitative estimate of drug-likeness (QED) is 0.358. The van der Waals surface area contributed by atoms with Crippen molar-refractivity contribution in [3.63, 3.8) is 0 Å². The van der Waals surface area contributed by atoms with Crippen LogP contribution in [0.4, 0.5) is 23.5 Å². The molecule has 12 heteroatoms. The Labute approximate surface area is 235 Å². The molecule has 0 radical (unpaired) electrons. The molecule has 0 atom stereocenters. The molecule has 12 N–H and O–H groups in total. The van der Waals surface area contributed by atoms with Gasteiger partial charge in [0.2, 0.25) is 17.8 Å². The minimum atomic E-state index is 0. The van der Waals surface area contributed by atoms with Crippen molar-refractivity contribution in [3.05, 3.63) is 29.3 Å². The minimum absolute atomic E-state index is 0. The number of aryl methyl sites for hydroxylation is 2. The zero-order valence-corrected chi connectivity index (χ0v) is 23.8. The van der Waals surface area contributed by atoms with Gasteiger partial charge in [0, 0.05) is 63.8 Å². The number of hydrogen-bond donors (Lipinski definition) is 4. The van der Waals surface area contributed by atoms with Gasteiger partial charge in [0.05, 0.1) is 0 Å². The van der Waals surface area contributed by atoms with Crippen LogP contribution in [0, 0.1) is 13.8 Å². The van der Waals surface area contributed by atoms with Crippen molar-refractivity contribution >= 4 is 35.9 Å². The van der Waals surface area contributed by atoms with E-state index in [0.29, 0.717) is 0 Å². The summed E-state index contributed by atoms with van der Waals surface area (Å²) in [4.78, 5) is 24.5. The molecule has 0 aliphatic carbocycles. The van der Waals surface area contributed by atoms with Crippen molar-refractivity contribution in [2.75, 3.05) is 72.0 Å². The predicted octanol–water partition coefficient (Wildman–Crippen LogP) is 5.85. The first kappa shape index (κ1) is 34.6. The molecule has 2 aromatic rings. The van der Waals surface area contributed by atoms with Gasteiger partial charge in [-0.3, -0.25) is 0 Å². The Morgan fingerprint density at radius 2 is 0.892 bits per heavy atom. The van der Waals surface area contributed by atoms with Crippen LogP contribution in [0.25, 0.3) is 0 Å². The molecule has 1 aromatic carbocycles. The van der Waals surface area contributed by atoms with Gasteiger partial charge in [0.25, 0.3) is 0 Å². The van der Waals surface area contributed by atoms with E-state index in [-0.39, 0.29) is 42.7 Å². The maximum atomic E-state index is 4.98. The Balaban J connectivity index is -0.000000480. The van der Waals surface area contributed by atoms with Gasteiger partial charge in [-0.05, 0) is 75.6 Å². The molecule has 0 amide bonds. The monoisotopic (exact) mass is 547 g/mol. The normalized spacial score (nSPS) is 17.4. The van der Waals surface area contributed by atoms with Crippen LogP contribution in [0.2, 0.25) is 0 Å². The van der Waals surface area contributed by atoms with E-state index < -0.39 is 0 Å². The molecule has 0 unspecified atom stereocenters. The first-order chi connectivity index (χ1) is 15.7. The van der Waals surface area contributed by atoms with Crippen molar-refractivity contribution < 1.29 is 5.71 Å². The van der Waals surface area contributed by atoms with Crippen LogP contribution < -0.4 is 44.2 Å². The van der Waals surface area contributed by atoms with Gasteiger partial charge < -0.3 is 44.2 Å². The summed E-state index contributed by atoms with van der Waals surface area (Å²) in [5.74, 6) is 2.62. The van der Waals surface area contributed by atoms with Crippen molar-refractivity contribution in [1.29, 1.82) is 0 Å². The second kappa shape index (κ2) is 15.7. The molecule has 3 aliphatic heterocycles. The third kappa shape index (κ3) is 8.02. The Bertz CT molecular complexity index is 908. The smallest absolute Gasteiger partial charge is 0.232 e. The van der Waals surface area contributed by atoms with Crippen LogP contribution in [0.15, 0.2) is 18.2 Å². The molecule has 0 spiro atoms. The van der Waals surface area contributed by atoms with Crippen LogP contribution in [0.3, 0.4) is 0 Å². The maximum Gasteiger partial charge on any atom is 0.232 e. The summed E-state index contributed by atoms with van der Waals surface area (Å²) in [5.41, 5.74) is 4.04. The number of piperidine rings is 2. The van der Waals surface area contributed by atoms with Gasteiger partial charge >= 0.3 is 0 Å². The Morgan fingerprint density at radius 1 is 0.514 bits per heavy atom. The summed E-state index contributed by atoms with van der Waals surface area (Å²) in [6, 6.07) is 6.81. The molecule has 3 fully saturated rings. The number of benzene rings is 1. The molecule has 220 valence electrons. The largest absolute Gasteiger partial charge is 0.368 e. The van der Waals surface area contributed by atoms with Crippen LogP contribution >= 0.6 is 12.4 Å². The number of hydrogen-bond acceptors (Lipinski definition) is 11. The SMILES string of the molecule is Cc1ccc(N2CCN(c3nc(N4CCCCC4)nc(N4CCCCC4)n3)CC2)cc1C.Cl.N.N.N.N.[HH].[HH].[HH].[HH]. The number of aromatic nitrogens is 3. The number of piperazine rings is 1. The zero-order valence-electron chi connectivity index (χ0n) is 23.0. The van der Waals surface area contributed by atoms with Crippen molar-refractivity contribution in [2.24, 2.45) is 0 Å². The average molecular weight is 548 g/mol. The average Bonchev–Trinajstić information content (AvgIpc) is 2.86.